The van der Waals surface area contributed by atoms with Gasteiger partial charge in [-0.3, -0.25) is 0 Å². The van der Waals surface area contributed by atoms with Gasteiger partial charge in [-0.25, -0.2) is 4.85 Å². The number of rotatable bonds is 9. The summed E-state index contributed by atoms with van der Waals surface area (Å²) >= 11 is 0. The van der Waals surface area contributed by atoms with Gasteiger partial charge in [0.15, 0.2) is 5.69 Å². The summed E-state index contributed by atoms with van der Waals surface area (Å²) in [7, 11) is 0. The monoisotopic (exact) mass is 1370 g/mol. The van der Waals surface area contributed by atoms with Crippen LogP contribution in [0.5, 0.6) is 0 Å². The summed E-state index contributed by atoms with van der Waals surface area (Å²) in [4.78, 5) is 9.40. The molecule has 106 heavy (non-hydrogen) atoms. The van der Waals surface area contributed by atoms with Gasteiger partial charge in [-0.05, 0) is 215 Å². The van der Waals surface area contributed by atoms with Crippen molar-refractivity contribution in [3.63, 3.8) is 0 Å². The number of fused-ring (bicyclic) bond motifs is 10. The van der Waals surface area contributed by atoms with Crippen LogP contribution in [0.15, 0.2) is 267 Å². The quantitative estimate of drug-likeness (QED) is 0.107. The first-order chi connectivity index (χ1) is 50.8. The van der Waals surface area contributed by atoms with E-state index in [1.165, 1.54) is 44.2 Å². The van der Waals surface area contributed by atoms with Crippen molar-refractivity contribution in [3.05, 3.63) is 312 Å². The summed E-state index contributed by atoms with van der Waals surface area (Å²) in [5, 5.41) is 14.9. The Bertz CT molecular complexity index is 5680. The van der Waals surface area contributed by atoms with Crippen LogP contribution in [0.2, 0.25) is 0 Å². The average molecular weight is 1370 g/mol. The lowest BCUT2D eigenvalue weighted by Gasteiger charge is -2.46. The van der Waals surface area contributed by atoms with Crippen molar-refractivity contribution in [2.24, 2.45) is 0 Å². The van der Waals surface area contributed by atoms with E-state index in [0.29, 0.717) is 11.3 Å². The molecule has 0 atom stereocenters. The number of nitrogens with zero attached hydrogens (tertiary/aromatic N) is 6. The van der Waals surface area contributed by atoms with Crippen molar-refractivity contribution >= 4 is 107 Å². The summed E-state index contributed by atoms with van der Waals surface area (Å²) in [6.07, 6.45) is 0. The van der Waals surface area contributed by atoms with Gasteiger partial charge in [-0.15, -0.1) is 0 Å². The van der Waals surface area contributed by atoms with E-state index in [-0.39, 0.29) is 34.3 Å². The first-order valence-corrected chi connectivity index (χ1v) is 37.4. The van der Waals surface area contributed by atoms with Gasteiger partial charge in [0, 0.05) is 72.5 Å². The van der Waals surface area contributed by atoms with Crippen LogP contribution in [-0.2, 0) is 21.7 Å². The number of hydrogen-bond acceptors (Lipinski definition) is 3. The fraction of sp³-hybridized carbons (Fsp3) is 0.192. The molecule has 0 radical (unpaired) electrons. The molecule has 17 rings (SSSR count). The average Bonchev–Trinajstić information content (AvgIpc) is 0.774. The van der Waals surface area contributed by atoms with E-state index in [1.807, 2.05) is 12.1 Å². The Kier molecular flexibility index (Phi) is 15.8. The molecule has 516 valence electrons. The van der Waals surface area contributed by atoms with Crippen molar-refractivity contribution in [3.8, 4) is 62.0 Å². The number of benzene rings is 13. The van der Waals surface area contributed by atoms with Gasteiger partial charge in [0.05, 0.1) is 51.6 Å². The lowest BCUT2D eigenvalue weighted by atomic mass is 9.33. The summed E-state index contributed by atoms with van der Waals surface area (Å²) in [6.45, 7) is 40.4. The summed E-state index contributed by atoms with van der Waals surface area (Å²) in [5.74, 6) is 0.0879. The topological polar surface area (TPSA) is 44.5 Å². The van der Waals surface area contributed by atoms with Crippen LogP contribution in [-0.4, -0.2) is 15.8 Å². The molecule has 6 nitrogen and oxygen atoms in total. The van der Waals surface area contributed by atoms with Crippen molar-refractivity contribution < 1.29 is 0 Å². The largest absolute Gasteiger partial charge is 0.310 e. The molecule has 0 N–H and O–H groups in total. The highest BCUT2D eigenvalue weighted by molar-refractivity contribution is 7.00. The van der Waals surface area contributed by atoms with Gasteiger partial charge in [0.1, 0.15) is 0 Å². The number of aromatic nitrogens is 2. The predicted octanol–water partition coefficient (Wildman–Crippen LogP) is 25.4. The molecule has 2 aliphatic heterocycles. The molecule has 2 aliphatic rings. The van der Waals surface area contributed by atoms with E-state index in [0.717, 1.165) is 134 Å². The second-order valence-electron chi connectivity index (χ2n) is 33.8. The van der Waals surface area contributed by atoms with Gasteiger partial charge >= 0.3 is 0 Å². The van der Waals surface area contributed by atoms with Crippen LogP contribution in [0.3, 0.4) is 0 Å². The zero-order valence-corrected chi connectivity index (χ0v) is 63.2. The number of hydrogen-bond donors (Lipinski definition) is 0. The van der Waals surface area contributed by atoms with Crippen molar-refractivity contribution in [2.45, 2.75) is 125 Å². The van der Waals surface area contributed by atoms with Gasteiger partial charge in [0.25, 0.3) is 6.71 Å². The molecule has 0 spiro atoms. The Morgan fingerprint density at radius 3 is 1.06 bits per heavy atom. The van der Waals surface area contributed by atoms with Crippen molar-refractivity contribution in [2.75, 3.05) is 9.80 Å². The Morgan fingerprint density at radius 1 is 0.358 bits per heavy atom. The third-order valence-electron chi connectivity index (χ3n) is 22.5. The lowest BCUT2D eigenvalue weighted by Crippen LogP contribution is -2.61. The molecule has 0 saturated carbocycles. The normalized spacial score (nSPS) is 13.0. The van der Waals surface area contributed by atoms with Crippen molar-refractivity contribution in [1.82, 2.24) is 9.13 Å². The summed E-state index contributed by atoms with van der Waals surface area (Å²) in [6, 6.07) is 103. The smallest absolute Gasteiger partial charge is 0.252 e. The molecule has 4 heterocycles. The Morgan fingerprint density at radius 2 is 0.708 bits per heavy atom. The molecule has 7 heteroatoms. The molecule has 2 aromatic heterocycles. The van der Waals surface area contributed by atoms with E-state index < -0.39 is 0 Å². The maximum atomic E-state index is 10.6. The summed E-state index contributed by atoms with van der Waals surface area (Å²) < 4.78 is 4.89. The second-order valence-corrected chi connectivity index (χ2v) is 33.8. The lowest BCUT2D eigenvalue weighted by molar-refractivity contribution is 0.590. The van der Waals surface area contributed by atoms with Crippen LogP contribution >= 0.6 is 0 Å². The minimum atomic E-state index is -0.297. The standard InChI is InChI=1S/C99H87BN6/c1-61(2)67-49-91-93-92(50-67)106(95-77(65-32-24-18-25-33-65)55-71(99(12,13)14)56-78(95)66-34-26-19-27-35-66)90-59-74(104-87-46-38-69(97(6,7)8)52-81(87)82-57-72(102-15)39-47-88(82)104)41-43-84(90)100(93)83-42-40-73(103-85-44-36-62(60-101)48-79(85)80-51-68(96(3,4)5)37-45-86(80)103)58-89(83)105(91)94-75(63-28-20-16-21-29-63)53-70(98(9,10)11)54-76(94)64-30-22-17-23-31-64/h16-59,61H,1-14H3. The molecule has 0 aliphatic carbocycles. The molecule has 0 amide bonds. The van der Waals surface area contributed by atoms with E-state index >= 15 is 0 Å². The maximum Gasteiger partial charge on any atom is 0.252 e. The third kappa shape index (κ3) is 11.1. The third-order valence-corrected chi connectivity index (χ3v) is 22.5. The van der Waals surface area contributed by atoms with Crippen molar-refractivity contribution in [1.29, 1.82) is 5.26 Å². The zero-order chi connectivity index (χ0) is 73.6. The van der Waals surface area contributed by atoms with E-state index in [1.54, 1.807) is 0 Å². The first kappa shape index (κ1) is 67.3. The van der Waals surface area contributed by atoms with Crippen LogP contribution < -0.4 is 26.2 Å². The van der Waals surface area contributed by atoms with Crippen LogP contribution in [0, 0.1) is 17.9 Å². The Labute approximate surface area is 625 Å². The van der Waals surface area contributed by atoms with Crippen LogP contribution in [0.1, 0.15) is 136 Å². The predicted molar refractivity (Wildman–Crippen MR) is 451 cm³/mol. The van der Waals surface area contributed by atoms with Gasteiger partial charge in [0.2, 0.25) is 0 Å². The highest BCUT2D eigenvalue weighted by atomic mass is 15.2. The second kappa shape index (κ2) is 24.9. The highest BCUT2D eigenvalue weighted by Crippen LogP contribution is 2.56. The SMILES string of the molecule is [C-]#[N+]c1ccc2c(c1)c1cc(C(C)(C)C)ccc1n2-c1ccc2c(c1)N(c1c(-c3ccccc3)cc(C(C)(C)C)cc1-c1ccccc1)c1cc(C(C)C)cc3c1B2c1ccc(-n2c4ccc(C#N)cc4c4cc(C(C)(C)C)ccc42)cc1N3c1c(-c2ccccc2)cc(C(C)(C)C)cc1-c1ccccc1. The molecular formula is C99H87BN6. The molecule has 13 aromatic carbocycles. The minimum Gasteiger partial charge on any atom is -0.310 e. The minimum absolute atomic E-state index is 0.0879. The fourth-order valence-electron chi connectivity index (χ4n) is 16.7. The van der Waals surface area contributed by atoms with Gasteiger partial charge < -0.3 is 18.9 Å². The first-order valence-electron chi connectivity index (χ1n) is 37.4. The van der Waals surface area contributed by atoms with E-state index in [2.05, 4.69) is 382 Å². The van der Waals surface area contributed by atoms with Crippen LogP contribution in [0.4, 0.5) is 39.8 Å². The molecular weight excluding hydrogens is 1280 g/mol. The summed E-state index contributed by atoms with van der Waals surface area (Å²) in [5.41, 5.74) is 32.3. The zero-order valence-electron chi connectivity index (χ0n) is 63.2. The molecule has 0 bridgehead atoms. The number of nitriles is 1. The number of anilines is 6. The maximum absolute atomic E-state index is 10.6. The van der Waals surface area contributed by atoms with E-state index in [9.17, 15) is 5.26 Å². The van der Waals surface area contributed by atoms with Crippen LogP contribution in [0.25, 0.3) is 104 Å². The highest BCUT2D eigenvalue weighted by Gasteiger charge is 2.46. The van der Waals surface area contributed by atoms with Gasteiger partial charge in [-0.1, -0.05) is 249 Å². The fourth-order valence-corrected chi connectivity index (χ4v) is 16.7. The molecule has 0 saturated heterocycles. The molecule has 0 fully saturated rings. The van der Waals surface area contributed by atoms with E-state index in [4.69, 9.17) is 6.57 Å². The Balaban J connectivity index is 1.06. The Hall–Kier alpha value is -11.9. The van der Waals surface area contributed by atoms with Gasteiger partial charge in [-0.2, -0.15) is 5.26 Å². The molecule has 0 unspecified atom stereocenters. The molecule has 15 aromatic rings.